The zero-order valence-corrected chi connectivity index (χ0v) is 11.4. The summed E-state index contributed by atoms with van der Waals surface area (Å²) in [7, 11) is 1.88. The summed E-state index contributed by atoms with van der Waals surface area (Å²) in [5, 5.41) is 0. The first-order valence-electron chi connectivity index (χ1n) is 7.03. The van der Waals surface area contributed by atoms with Crippen LogP contribution in [-0.4, -0.2) is 42.4 Å². The van der Waals surface area contributed by atoms with Crippen LogP contribution in [0.5, 0.6) is 0 Å². The van der Waals surface area contributed by atoms with Crippen molar-refractivity contribution < 1.29 is 14.3 Å². The first kappa shape index (κ1) is 13.5. The van der Waals surface area contributed by atoms with E-state index in [1.54, 1.807) is 0 Å². The van der Waals surface area contributed by atoms with Gasteiger partial charge in [0.05, 0.1) is 12.0 Å². The van der Waals surface area contributed by atoms with E-state index in [0.717, 1.165) is 25.7 Å². The third-order valence-corrected chi connectivity index (χ3v) is 4.34. The molecule has 2 rings (SSSR count). The average Bonchev–Trinajstić information content (AvgIpc) is 2.86. The van der Waals surface area contributed by atoms with E-state index in [1.807, 2.05) is 11.9 Å². The molecule has 1 aliphatic heterocycles. The molecule has 2 unspecified atom stereocenters. The van der Waals surface area contributed by atoms with E-state index in [-0.39, 0.29) is 24.0 Å². The first-order valence-corrected chi connectivity index (χ1v) is 7.03. The number of rotatable bonds is 3. The van der Waals surface area contributed by atoms with Gasteiger partial charge in [0.1, 0.15) is 5.78 Å². The van der Waals surface area contributed by atoms with Crippen molar-refractivity contribution in [1.29, 1.82) is 0 Å². The van der Waals surface area contributed by atoms with Crippen molar-refractivity contribution in [2.75, 3.05) is 13.7 Å². The zero-order chi connectivity index (χ0) is 13.1. The number of carbonyl (C=O) groups is 2. The summed E-state index contributed by atoms with van der Waals surface area (Å²) in [5.41, 5.74) is 0. The molecule has 4 nitrogen and oxygen atoms in total. The van der Waals surface area contributed by atoms with Crippen LogP contribution in [-0.2, 0) is 14.3 Å². The predicted molar refractivity (Wildman–Crippen MR) is 68.2 cm³/mol. The Morgan fingerprint density at radius 3 is 2.61 bits per heavy atom. The fourth-order valence-electron chi connectivity index (χ4n) is 3.09. The first-order chi connectivity index (χ1) is 8.63. The zero-order valence-electron chi connectivity index (χ0n) is 11.4. The Kier molecular flexibility index (Phi) is 4.38. The molecule has 1 saturated carbocycles. The maximum Gasteiger partial charge on any atom is 0.228 e. The van der Waals surface area contributed by atoms with Crippen molar-refractivity contribution in [3.8, 4) is 0 Å². The van der Waals surface area contributed by atoms with Crippen LogP contribution in [0.15, 0.2) is 0 Å². The van der Waals surface area contributed by atoms with Gasteiger partial charge in [0.25, 0.3) is 0 Å². The molecule has 0 radical (unpaired) electrons. The molecule has 2 atom stereocenters. The quantitative estimate of drug-likeness (QED) is 0.770. The molecule has 102 valence electrons. The molecular weight excluding hydrogens is 230 g/mol. The number of Topliss-reactive ketones (excluding diaryl/α,β-unsaturated/α-hetero) is 1. The summed E-state index contributed by atoms with van der Waals surface area (Å²) in [6.07, 6.45) is 4.73. The van der Waals surface area contributed by atoms with Gasteiger partial charge in [-0.15, -0.1) is 0 Å². The summed E-state index contributed by atoms with van der Waals surface area (Å²) in [6, 6.07) is 0.244. The van der Waals surface area contributed by atoms with E-state index in [1.165, 1.54) is 0 Å². The van der Waals surface area contributed by atoms with Gasteiger partial charge in [0.2, 0.25) is 5.91 Å². The van der Waals surface area contributed by atoms with E-state index < -0.39 is 0 Å². The lowest BCUT2D eigenvalue weighted by molar-refractivity contribution is -0.140. The van der Waals surface area contributed by atoms with Gasteiger partial charge >= 0.3 is 0 Å². The molecule has 0 bridgehead atoms. The van der Waals surface area contributed by atoms with Gasteiger partial charge in [-0.05, 0) is 25.7 Å². The number of hydrogen-bond donors (Lipinski definition) is 0. The van der Waals surface area contributed by atoms with Gasteiger partial charge < -0.3 is 9.64 Å². The van der Waals surface area contributed by atoms with Crippen molar-refractivity contribution in [2.24, 2.45) is 5.92 Å². The molecular formula is C14H23NO3. The Morgan fingerprint density at radius 2 is 2.00 bits per heavy atom. The van der Waals surface area contributed by atoms with E-state index >= 15 is 0 Å². The molecule has 0 spiro atoms. The van der Waals surface area contributed by atoms with Crippen molar-refractivity contribution in [1.82, 2.24) is 4.90 Å². The van der Waals surface area contributed by atoms with Crippen LogP contribution in [0.4, 0.5) is 0 Å². The second-order valence-electron chi connectivity index (χ2n) is 5.43. The number of amides is 1. The highest BCUT2D eigenvalue weighted by molar-refractivity contribution is 5.81. The normalized spacial score (nSPS) is 29.6. The number of carbonyl (C=O) groups excluding carboxylic acids is 2. The van der Waals surface area contributed by atoms with Crippen LogP contribution in [0.1, 0.15) is 45.4 Å². The molecule has 1 heterocycles. The fraction of sp³-hybridized carbons (Fsp3) is 0.857. The lowest BCUT2D eigenvalue weighted by Gasteiger charge is -2.33. The van der Waals surface area contributed by atoms with Gasteiger partial charge in [0.15, 0.2) is 0 Å². The molecule has 2 fully saturated rings. The number of ether oxygens (including phenoxy) is 1. The highest BCUT2D eigenvalue weighted by Crippen LogP contribution is 2.28. The Labute approximate surface area is 109 Å². The molecule has 0 aromatic heterocycles. The van der Waals surface area contributed by atoms with Gasteiger partial charge in [-0.3, -0.25) is 9.59 Å². The lowest BCUT2D eigenvalue weighted by atomic mass is 9.91. The maximum absolute atomic E-state index is 12.5. The minimum absolute atomic E-state index is 0.0256. The molecule has 4 heteroatoms. The molecule has 0 aromatic rings. The molecule has 2 aliphatic rings. The monoisotopic (exact) mass is 253 g/mol. The maximum atomic E-state index is 12.5. The minimum atomic E-state index is 0.0256. The van der Waals surface area contributed by atoms with Crippen LogP contribution in [0, 0.1) is 5.92 Å². The van der Waals surface area contributed by atoms with E-state index in [0.29, 0.717) is 25.2 Å². The molecule has 0 aromatic carbocycles. The number of ketones is 1. The van der Waals surface area contributed by atoms with Crippen LogP contribution >= 0.6 is 0 Å². The van der Waals surface area contributed by atoms with Gasteiger partial charge in [0, 0.05) is 32.5 Å². The van der Waals surface area contributed by atoms with Crippen LogP contribution < -0.4 is 0 Å². The summed E-state index contributed by atoms with van der Waals surface area (Å²) in [6.45, 7) is 2.77. The average molecular weight is 253 g/mol. The number of nitrogens with zero attached hydrogens (tertiary/aromatic N) is 1. The second-order valence-corrected chi connectivity index (χ2v) is 5.43. The third-order valence-electron chi connectivity index (χ3n) is 4.34. The standard InChI is InChI=1S/C14H23NO3/c1-3-13-12(8-9-18-13)14(17)15(2)10-4-6-11(16)7-5-10/h10,12-13H,3-9H2,1-2H3. The SMILES string of the molecule is CCC1OCCC1C(=O)N(C)C1CCC(=O)CC1. The third kappa shape index (κ3) is 2.74. The van der Waals surface area contributed by atoms with Crippen molar-refractivity contribution in [3.63, 3.8) is 0 Å². The highest BCUT2D eigenvalue weighted by atomic mass is 16.5. The highest BCUT2D eigenvalue weighted by Gasteiger charge is 2.36. The Bertz CT molecular complexity index is 319. The smallest absolute Gasteiger partial charge is 0.228 e. The second kappa shape index (κ2) is 5.83. The van der Waals surface area contributed by atoms with Crippen molar-refractivity contribution in [2.45, 2.75) is 57.6 Å². The van der Waals surface area contributed by atoms with E-state index in [9.17, 15) is 9.59 Å². The molecule has 1 aliphatic carbocycles. The van der Waals surface area contributed by atoms with Crippen LogP contribution in [0.2, 0.25) is 0 Å². The minimum Gasteiger partial charge on any atom is -0.377 e. The largest absolute Gasteiger partial charge is 0.377 e. The van der Waals surface area contributed by atoms with Gasteiger partial charge in [-0.25, -0.2) is 0 Å². The van der Waals surface area contributed by atoms with Gasteiger partial charge in [-0.1, -0.05) is 6.92 Å². The van der Waals surface area contributed by atoms with Crippen LogP contribution in [0.3, 0.4) is 0 Å². The summed E-state index contributed by atoms with van der Waals surface area (Å²) in [5.74, 6) is 0.569. The fourth-order valence-corrected chi connectivity index (χ4v) is 3.09. The molecule has 18 heavy (non-hydrogen) atoms. The van der Waals surface area contributed by atoms with E-state index in [4.69, 9.17) is 4.74 Å². The summed E-state index contributed by atoms with van der Waals surface area (Å²) >= 11 is 0. The summed E-state index contributed by atoms with van der Waals surface area (Å²) in [4.78, 5) is 25.6. The number of hydrogen-bond acceptors (Lipinski definition) is 3. The Morgan fingerprint density at radius 1 is 1.33 bits per heavy atom. The summed E-state index contributed by atoms with van der Waals surface area (Å²) < 4.78 is 5.59. The van der Waals surface area contributed by atoms with Crippen LogP contribution in [0.25, 0.3) is 0 Å². The Balaban J connectivity index is 1.93. The molecule has 1 saturated heterocycles. The molecule has 0 N–H and O–H groups in total. The van der Waals surface area contributed by atoms with E-state index in [2.05, 4.69) is 6.92 Å². The van der Waals surface area contributed by atoms with Crippen molar-refractivity contribution >= 4 is 11.7 Å². The lowest BCUT2D eigenvalue weighted by Crippen LogP contribution is -2.44. The van der Waals surface area contributed by atoms with Crippen molar-refractivity contribution in [3.05, 3.63) is 0 Å². The predicted octanol–water partition coefficient (Wildman–Crippen LogP) is 1.77. The Hall–Kier alpha value is -0.900. The molecule has 1 amide bonds. The topological polar surface area (TPSA) is 46.6 Å². The van der Waals surface area contributed by atoms with Gasteiger partial charge in [-0.2, -0.15) is 0 Å².